The molecule has 0 fully saturated rings. The Morgan fingerprint density at radius 2 is 1.94 bits per heavy atom. The molecular weight excluding hydrogens is 402 g/mol. The third kappa shape index (κ3) is 4.37. The fourth-order valence-electron chi connectivity index (χ4n) is 3.54. The van der Waals surface area contributed by atoms with E-state index in [1.54, 1.807) is 18.3 Å². The Morgan fingerprint density at radius 1 is 1.13 bits per heavy atom. The lowest BCUT2D eigenvalue weighted by Gasteiger charge is -2.12. The van der Waals surface area contributed by atoms with Crippen LogP contribution >= 0.6 is 0 Å². The predicted molar refractivity (Wildman–Crippen MR) is 114 cm³/mol. The molecule has 2 heterocycles. The minimum atomic E-state index is -2.99. The highest BCUT2D eigenvalue weighted by Gasteiger charge is 2.17. The molecule has 4 aromatic rings. The number of para-hydroxylation sites is 2. The number of nitrogens with one attached hydrogen (secondary N) is 1. The zero-order valence-corrected chi connectivity index (χ0v) is 17.0. The number of aryl methyl sites for hydroxylation is 2. The highest BCUT2D eigenvalue weighted by Crippen LogP contribution is 2.30. The molecule has 158 valence electrons. The molecule has 1 N–H and O–H groups in total. The maximum absolute atomic E-state index is 12.6. The topological polar surface area (TPSA) is 69.0 Å². The maximum Gasteiger partial charge on any atom is 0.387 e. The standard InChI is InChI=1S/C23H20F2N4O2/c1-14-6-5-7-16(12-14)17-10-11-26-22-21(17)15(2)28-29(22)13-20(30)27-18-8-3-4-9-19(18)31-23(24)25/h3-12,23H,13H2,1-2H3,(H,27,30). The number of amides is 1. The van der Waals surface area contributed by atoms with E-state index in [4.69, 9.17) is 0 Å². The predicted octanol–water partition coefficient (Wildman–Crippen LogP) is 4.96. The van der Waals surface area contributed by atoms with Crippen molar-refractivity contribution in [3.63, 3.8) is 0 Å². The normalized spacial score (nSPS) is 11.1. The van der Waals surface area contributed by atoms with Crippen molar-refractivity contribution in [2.75, 3.05) is 5.32 Å². The molecule has 6 nitrogen and oxygen atoms in total. The van der Waals surface area contributed by atoms with E-state index in [0.717, 1.165) is 27.8 Å². The van der Waals surface area contributed by atoms with Gasteiger partial charge < -0.3 is 10.1 Å². The number of benzene rings is 2. The number of hydrogen-bond donors (Lipinski definition) is 1. The van der Waals surface area contributed by atoms with Crippen LogP contribution in [0.3, 0.4) is 0 Å². The number of anilines is 1. The highest BCUT2D eigenvalue weighted by molar-refractivity contribution is 5.96. The quantitative estimate of drug-likeness (QED) is 0.477. The van der Waals surface area contributed by atoms with Crippen molar-refractivity contribution in [2.24, 2.45) is 0 Å². The molecule has 8 heteroatoms. The molecular formula is C23H20F2N4O2. The van der Waals surface area contributed by atoms with Crippen molar-refractivity contribution in [1.29, 1.82) is 0 Å². The van der Waals surface area contributed by atoms with E-state index in [1.807, 2.05) is 38.1 Å². The van der Waals surface area contributed by atoms with E-state index in [1.165, 1.54) is 16.8 Å². The summed E-state index contributed by atoms with van der Waals surface area (Å²) < 4.78 is 31.2. The number of carbonyl (C=O) groups excluding carboxylic acids is 1. The molecule has 0 aliphatic carbocycles. The van der Waals surface area contributed by atoms with Gasteiger partial charge in [-0.1, -0.05) is 42.0 Å². The van der Waals surface area contributed by atoms with Crippen LogP contribution in [0.4, 0.5) is 14.5 Å². The van der Waals surface area contributed by atoms with E-state index in [0.29, 0.717) is 5.65 Å². The minimum absolute atomic E-state index is 0.104. The first-order valence-corrected chi connectivity index (χ1v) is 9.65. The number of rotatable bonds is 6. The van der Waals surface area contributed by atoms with Crippen molar-refractivity contribution in [3.05, 3.63) is 72.1 Å². The fraction of sp³-hybridized carbons (Fsp3) is 0.174. The molecule has 1 amide bonds. The number of nitrogens with zero attached hydrogens (tertiary/aromatic N) is 3. The summed E-state index contributed by atoms with van der Waals surface area (Å²) in [6, 6.07) is 16.1. The van der Waals surface area contributed by atoms with Crippen molar-refractivity contribution < 1.29 is 18.3 Å². The third-order valence-electron chi connectivity index (χ3n) is 4.81. The Kier molecular flexibility index (Phi) is 5.62. The van der Waals surface area contributed by atoms with Crippen LogP contribution in [0.15, 0.2) is 60.8 Å². The Morgan fingerprint density at radius 3 is 2.71 bits per heavy atom. The summed E-state index contributed by atoms with van der Waals surface area (Å²) in [4.78, 5) is 17.1. The van der Waals surface area contributed by atoms with Gasteiger partial charge in [-0.2, -0.15) is 13.9 Å². The van der Waals surface area contributed by atoms with Crippen molar-refractivity contribution in [1.82, 2.24) is 14.8 Å². The monoisotopic (exact) mass is 422 g/mol. The average molecular weight is 422 g/mol. The Hall–Kier alpha value is -3.81. The van der Waals surface area contributed by atoms with Gasteiger partial charge in [0.05, 0.1) is 11.4 Å². The molecule has 0 aliphatic rings. The molecule has 0 unspecified atom stereocenters. The number of halogens is 2. The van der Waals surface area contributed by atoms with E-state index < -0.39 is 12.5 Å². The van der Waals surface area contributed by atoms with Gasteiger partial charge in [-0.25, -0.2) is 9.67 Å². The number of alkyl halides is 2. The van der Waals surface area contributed by atoms with E-state index in [2.05, 4.69) is 26.2 Å². The van der Waals surface area contributed by atoms with Crippen LogP contribution in [0.2, 0.25) is 0 Å². The summed E-state index contributed by atoms with van der Waals surface area (Å²) in [6.07, 6.45) is 1.68. The summed E-state index contributed by atoms with van der Waals surface area (Å²) in [6.45, 7) is 0.777. The third-order valence-corrected chi connectivity index (χ3v) is 4.81. The molecule has 0 atom stereocenters. The van der Waals surface area contributed by atoms with Crippen LogP contribution in [0, 0.1) is 13.8 Å². The SMILES string of the molecule is Cc1cccc(-c2ccnc3c2c(C)nn3CC(=O)Nc2ccccc2OC(F)F)c1. The zero-order chi connectivity index (χ0) is 22.0. The summed E-state index contributed by atoms with van der Waals surface area (Å²) in [7, 11) is 0. The summed E-state index contributed by atoms with van der Waals surface area (Å²) in [5, 5.41) is 7.96. The second kappa shape index (κ2) is 8.51. The van der Waals surface area contributed by atoms with Crippen LogP contribution in [-0.4, -0.2) is 27.3 Å². The molecule has 0 spiro atoms. The van der Waals surface area contributed by atoms with E-state index >= 15 is 0 Å². The van der Waals surface area contributed by atoms with Crippen LogP contribution < -0.4 is 10.1 Å². The lowest BCUT2D eigenvalue weighted by molar-refractivity contribution is -0.116. The lowest BCUT2D eigenvalue weighted by atomic mass is 10.0. The van der Waals surface area contributed by atoms with Gasteiger partial charge in [-0.05, 0) is 43.2 Å². The van der Waals surface area contributed by atoms with Crippen LogP contribution in [0.25, 0.3) is 22.2 Å². The first-order valence-electron chi connectivity index (χ1n) is 9.65. The van der Waals surface area contributed by atoms with Gasteiger partial charge in [0.15, 0.2) is 5.65 Å². The fourth-order valence-corrected chi connectivity index (χ4v) is 3.54. The van der Waals surface area contributed by atoms with Gasteiger partial charge in [-0.3, -0.25) is 4.79 Å². The second-order valence-corrected chi connectivity index (χ2v) is 7.09. The number of ether oxygens (including phenoxy) is 1. The first kappa shape index (κ1) is 20.5. The van der Waals surface area contributed by atoms with Gasteiger partial charge >= 0.3 is 6.61 Å². The van der Waals surface area contributed by atoms with Gasteiger partial charge in [-0.15, -0.1) is 0 Å². The van der Waals surface area contributed by atoms with Crippen molar-refractivity contribution >= 4 is 22.6 Å². The van der Waals surface area contributed by atoms with Crippen molar-refractivity contribution in [2.45, 2.75) is 27.0 Å². The van der Waals surface area contributed by atoms with Gasteiger partial charge in [0, 0.05) is 11.6 Å². The molecule has 0 radical (unpaired) electrons. The average Bonchev–Trinajstić information content (AvgIpc) is 3.04. The summed E-state index contributed by atoms with van der Waals surface area (Å²) >= 11 is 0. The molecule has 0 saturated heterocycles. The Labute approximate surface area is 177 Å². The number of carbonyl (C=O) groups is 1. The molecule has 0 aliphatic heterocycles. The smallest absolute Gasteiger partial charge is 0.387 e. The zero-order valence-electron chi connectivity index (χ0n) is 17.0. The molecule has 0 saturated carbocycles. The molecule has 2 aromatic heterocycles. The maximum atomic E-state index is 12.6. The van der Waals surface area contributed by atoms with Crippen molar-refractivity contribution in [3.8, 4) is 16.9 Å². The minimum Gasteiger partial charge on any atom is -0.433 e. The number of fused-ring (bicyclic) bond motifs is 1. The van der Waals surface area contributed by atoms with Crippen LogP contribution in [-0.2, 0) is 11.3 Å². The highest BCUT2D eigenvalue weighted by atomic mass is 19.3. The summed E-state index contributed by atoms with van der Waals surface area (Å²) in [5.74, 6) is -0.537. The molecule has 2 aromatic carbocycles. The van der Waals surface area contributed by atoms with Gasteiger partial charge in [0.2, 0.25) is 5.91 Å². The first-order chi connectivity index (χ1) is 14.9. The van der Waals surface area contributed by atoms with E-state index in [-0.39, 0.29) is 18.0 Å². The Bertz CT molecular complexity index is 1250. The van der Waals surface area contributed by atoms with Gasteiger partial charge in [0.25, 0.3) is 0 Å². The van der Waals surface area contributed by atoms with Crippen LogP contribution in [0.1, 0.15) is 11.3 Å². The van der Waals surface area contributed by atoms with Gasteiger partial charge in [0.1, 0.15) is 12.3 Å². The van der Waals surface area contributed by atoms with Crippen LogP contribution in [0.5, 0.6) is 5.75 Å². The largest absolute Gasteiger partial charge is 0.433 e. The number of aromatic nitrogens is 3. The lowest BCUT2D eigenvalue weighted by Crippen LogP contribution is -2.20. The summed E-state index contributed by atoms with van der Waals surface area (Å²) in [5.41, 5.74) is 4.63. The van der Waals surface area contributed by atoms with E-state index in [9.17, 15) is 13.6 Å². The molecule has 4 rings (SSSR count). The molecule has 0 bridgehead atoms. The second-order valence-electron chi connectivity index (χ2n) is 7.09. The molecule has 31 heavy (non-hydrogen) atoms. The number of pyridine rings is 1. The number of hydrogen-bond acceptors (Lipinski definition) is 4. The Balaban J connectivity index is 1.63.